The molecule has 1 heterocycles. The number of ketones is 1. The molecular weight excluding hydrogens is 503 g/mol. The maximum absolute atomic E-state index is 13.7. The van der Waals surface area contributed by atoms with Crippen molar-refractivity contribution in [2.75, 3.05) is 24.3 Å². The summed E-state index contributed by atoms with van der Waals surface area (Å²) in [6, 6.07) is 10.3. The maximum Gasteiger partial charge on any atom is 0.416 e. The van der Waals surface area contributed by atoms with Gasteiger partial charge in [-0.05, 0) is 54.7 Å². The molecule has 0 fully saturated rings. The standard InChI is InChI=1S/C28H29ClF3N3O2/c1-15-23(26(37)34-20-12-17(28(30,31)32)8-11-19(20)29)24(16-6-9-18(10-7-16)35(4)5)25-21(33-15)13-27(2,3)14-22(25)36/h6-12,24,33H,13-14H2,1-5H3,(H,34,37). The lowest BCUT2D eigenvalue weighted by Gasteiger charge is -2.39. The minimum atomic E-state index is -4.59. The molecular formula is C28H29ClF3N3O2. The van der Waals surface area contributed by atoms with Gasteiger partial charge in [-0.1, -0.05) is 37.6 Å². The van der Waals surface area contributed by atoms with Gasteiger partial charge >= 0.3 is 6.18 Å². The molecule has 0 bridgehead atoms. The Bertz CT molecular complexity index is 1330. The van der Waals surface area contributed by atoms with Crippen molar-refractivity contribution in [1.82, 2.24) is 5.32 Å². The summed E-state index contributed by atoms with van der Waals surface area (Å²) >= 11 is 6.15. The molecule has 0 radical (unpaired) electrons. The van der Waals surface area contributed by atoms with E-state index >= 15 is 0 Å². The van der Waals surface area contributed by atoms with E-state index in [-0.39, 0.29) is 27.5 Å². The molecule has 0 saturated carbocycles. The van der Waals surface area contributed by atoms with Gasteiger partial charge in [-0.15, -0.1) is 0 Å². The Morgan fingerprint density at radius 2 is 1.76 bits per heavy atom. The first-order chi connectivity index (χ1) is 17.2. The third-order valence-corrected chi connectivity index (χ3v) is 7.10. The van der Waals surface area contributed by atoms with Gasteiger partial charge in [0.15, 0.2) is 5.78 Å². The number of nitrogens with one attached hydrogen (secondary N) is 2. The van der Waals surface area contributed by atoms with Crippen LogP contribution in [0, 0.1) is 5.41 Å². The van der Waals surface area contributed by atoms with Crippen molar-refractivity contribution in [3.8, 4) is 0 Å². The third kappa shape index (κ3) is 5.39. The predicted octanol–water partition coefficient (Wildman–Crippen LogP) is 6.67. The lowest BCUT2D eigenvalue weighted by Crippen LogP contribution is -2.39. The van der Waals surface area contributed by atoms with E-state index in [2.05, 4.69) is 10.6 Å². The van der Waals surface area contributed by atoms with Gasteiger partial charge in [-0.2, -0.15) is 13.2 Å². The van der Waals surface area contributed by atoms with Gasteiger partial charge in [0.25, 0.3) is 5.91 Å². The molecule has 9 heteroatoms. The number of hydrogen-bond acceptors (Lipinski definition) is 4. The largest absolute Gasteiger partial charge is 0.416 e. The monoisotopic (exact) mass is 531 g/mol. The minimum Gasteiger partial charge on any atom is -0.378 e. The first-order valence-electron chi connectivity index (χ1n) is 11.9. The number of allylic oxidation sites excluding steroid dienone is 3. The normalized spacial score (nSPS) is 19.4. The fraction of sp³-hybridized carbons (Fsp3) is 0.357. The summed E-state index contributed by atoms with van der Waals surface area (Å²) in [4.78, 5) is 29.0. The Morgan fingerprint density at radius 1 is 1.11 bits per heavy atom. The number of halogens is 4. The molecule has 1 unspecified atom stereocenters. The Labute approximate surface area is 219 Å². The Balaban J connectivity index is 1.80. The summed E-state index contributed by atoms with van der Waals surface area (Å²) in [6.45, 7) is 5.78. The van der Waals surface area contributed by atoms with Crippen LogP contribution in [-0.2, 0) is 15.8 Å². The van der Waals surface area contributed by atoms with Crippen LogP contribution in [0.3, 0.4) is 0 Å². The van der Waals surface area contributed by atoms with E-state index < -0.39 is 23.6 Å². The first kappa shape index (κ1) is 26.8. The molecule has 1 aliphatic carbocycles. The highest BCUT2D eigenvalue weighted by molar-refractivity contribution is 6.34. The van der Waals surface area contributed by atoms with E-state index in [4.69, 9.17) is 11.6 Å². The van der Waals surface area contributed by atoms with Gasteiger partial charge in [0.1, 0.15) is 0 Å². The van der Waals surface area contributed by atoms with Crippen LogP contribution in [0.5, 0.6) is 0 Å². The van der Waals surface area contributed by atoms with Crippen LogP contribution < -0.4 is 15.5 Å². The van der Waals surface area contributed by atoms with Crippen LogP contribution in [0.1, 0.15) is 50.7 Å². The van der Waals surface area contributed by atoms with Crippen molar-refractivity contribution in [3.63, 3.8) is 0 Å². The molecule has 5 nitrogen and oxygen atoms in total. The van der Waals surface area contributed by atoms with Crippen LogP contribution in [0.25, 0.3) is 0 Å². The van der Waals surface area contributed by atoms with Crippen molar-refractivity contribution >= 4 is 34.7 Å². The molecule has 0 aromatic heterocycles. The fourth-order valence-corrected chi connectivity index (χ4v) is 5.19. The van der Waals surface area contributed by atoms with Gasteiger partial charge in [0.2, 0.25) is 0 Å². The summed E-state index contributed by atoms with van der Waals surface area (Å²) in [7, 11) is 3.82. The molecule has 2 aromatic carbocycles. The Hall–Kier alpha value is -3.26. The highest BCUT2D eigenvalue weighted by Crippen LogP contribution is 2.47. The summed E-state index contributed by atoms with van der Waals surface area (Å²) in [5.74, 6) is -1.37. The van der Waals surface area contributed by atoms with Crippen molar-refractivity contribution in [2.45, 2.75) is 45.7 Å². The number of amides is 1. The second kappa shape index (κ2) is 9.56. The molecule has 2 aliphatic rings. The van der Waals surface area contributed by atoms with E-state index in [0.717, 1.165) is 35.1 Å². The van der Waals surface area contributed by atoms with Crippen molar-refractivity contribution in [2.24, 2.45) is 5.41 Å². The number of dihydropyridines is 1. The van der Waals surface area contributed by atoms with Gasteiger partial charge in [-0.3, -0.25) is 9.59 Å². The van der Waals surface area contributed by atoms with Crippen molar-refractivity contribution in [3.05, 3.63) is 81.2 Å². The smallest absolute Gasteiger partial charge is 0.378 e. The zero-order valence-electron chi connectivity index (χ0n) is 21.3. The third-order valence-electron chi connectivity index (χ3n) is 6.77. The molecule has 37 heavy (non-hydrogen) atoms. The van der Waals surface area contributed by atoms with E-state index in [0.29, 0.717) is 24.1 Å². The van der Waals surface area contributed by atoms with Gasteiger partial charge in [-0.25, -0.2) is 0 Å². The number of anilines is 2. The molecule has 1 amide bonds. The fourth-order valence-electron chi connectivity index (χ4n) is 5.02. The summed E-state index contributed by atoms with van der Waals surface area (Å²) in [5, 5.41) is 5.80. The number of hydrogen-bond donors (Lipinski definition) is 2. The predicted molar refractivity (Wildman–Crippen MR) is 139 cm³/mol. The summed E-state index contributed by atoms with van der Waals surface area (Å²) < 4.78 is 39.9. The van der Waals surface area contributed by atoms with Gasteiger partial charge in [0.05, 0.1) is 16.3 Å². The van der Waals surface area contributed by atoms with Gasteiger partial charge < -0.3 is 15.5 Å². The van der Waals surface area contributed by atoms with Crippen LogP contribution in [0.2, 0.25) is 5.02 Å². The van der Waals surface area contributed by atoms with Crippen LogP contribution >= 0.6 is 11.6 Å². The Kier molecular flexibility index (Phi) is 6.92. The minimum absolute atomic E-state index is 0.0225. The average molecular weight is 532 g/mol. The van der Waals surface area contributed by atoms with E-state index in [1.807, 2.05) is 57.1 Å². The highest BCUT2D eigenvalue weighted by atomic mass is 35.5. The number of alkyl halides is 3. The second-order valence-electron chi connectivity index (χ2n) is 10.6. The Morgan fingerprint density at radius 3 is 2.35 bits per heavy atom. The molecule has 4 rings (SSSR count). The molecule has 0 saturated heterocycles. The topological polar surface area (TPSA) is 61.4 Å². The van der Waals surface area contributed by atoms with Crippen molar-refractivity contribution in [1.29, 1.82) is 0 Å². The van der Waals surface area contributed by atoms with E-state index in [9.17, 15) is 22.8 Å². The molecule has 1 aliphatic heterocycles. The zero-order valence-corrected chi connectivity index (χ0v) is 22.1. The van der Waals surface area contributed by atoms with Crippen LogP contribution in [0.4, 0.5) is 24.5 Å². The molecule has 2 aromatic rings. The molecule has 0 spiro atoms. The quantitative estimate of drug-likeness (QED) is 0.463. The summed E-state index contributed by atoms with van der Waals surface area (Å²) in [5.41, 5.74) is 2.46. The van der Waals surface area contributed by atoms with Gasteiger partial charge in [0, 0.05) is 54.7 Å². The summed E-state index contributed by atoms with van der Waals surface area (Å²) in [6.07, 6.45) is -3.64. The lowest BCUT2D eigenvalue weighted by atomic mass is 9.68. The van der Waals surface area contributed by atoms with Crippen LogP contribution in [-0.4, -0.2) is 25.8 Å². The SMILES string of the molecule is CC1=C(C(=O)Nc2cc(C(F)(F)F)ccc2Cl)C(c2ccc(N(C)C)cc2)C2=C(CC(C)(C)CC2=O)N1. The molecule has 2 N–H and O–H groups in total. The lowest BCUT2D eigenvalue weighted by molar-refractivity contribution is -0.137. The number of nitrogens with zero attached hydrogens (tertiary/aromatic N) is 1. The average Bonchev–Trinajstić information content (AvgIpc) is 2.78. The van der Waals surface area contributed by atoms with Crippen molar-refractivity contribution < 1.29 is 22.8 Å². The number of carbonyl (C=O) groups excluding carboxylic acids is 2. The highest BCUT2D eigenvalue weighted by Gasteiger charge is 2.43. The number of benzene rings is 2. The van der Waals surface area contributed by atoms with E-state index in [1.165, 1.54) is 0 Å². The zero-order chi connectivity index (χ0) is 27.3. The van der Waals surface area contributed by atoms with E-state index in [1.54, 1.807) is 6.92 Å². The number of carbonyl (C=O) groups is 2. The molecule has 196 valence electrons. The first-order valence-corrected chi connectivity index (χ1v) is 12.2. The van der Waals surface area contributed by atoms with Crippen LogP contribution in [0.15, 0.2) is 65.0 Å². The number of rotatable bonds is 4. The maximum atomic E-state index is 13.7. The second-order valence-corrected chi connectivity index (χ2v) is 11.0. The molecule has 1 atom stereocenters. The number of Topliss-reactive ketones (excluding diaryl/α,β-unsaturated/α-hetero) is 1.